The maximum Gasteiger partial charge on any atom is 0.102 e. The number of alkyl halides is 1. The van der Waals surface area contributed by atoms with E-state index in [1.54, 1.807) is 0 Å². The Morgan fingerprint density at radius 2 is 1.64 bits per heavy atom. The minimum absolute atomic E-state index is 0.202. The minimum atomic E-state index is -0.202. The van der Waals surface area contributed by atoms with E-state index in [2.05, 4.69) is 16.7 Å². The van der Waals surface area contributed by atoms with Crippen molar-refractivity contribution in [3.05, 3.63) is 0 Å². The van der Waals surface area contributed by atoms with Gasteiger partial charge >= 0.3 is 0 Å². The maximum atomic E-state index is 11.9. The summed E-state index contributed by atoms with van der Waals surface area (Å²) in [6, 6.07) is 0. The molecule has 1 aliphatic heterocycles. The van der Waals surface area contributed by atoms with Gasteiger partial charge in [0.2, 0.25) is 0 Å². The van der Waals surface area contributed by atoms with Crippen LogP contribution in [-0.2, 0) is 0 Å². The van der Waals surface area contributed by atoms with E-state index in [4.69, 9.17) is 0 Å². The highest BCUT2D eigenvalue weighted by Crippen LogP contribution is 1.99. The average molecular weight is 160 g/mol. The Morgan fingerprint density at radius 1 is 1.09 bits per heavy atom. The summed E-state index contributed by atoms with van der Waals surface area (Å²) in [6.07, 6.45) is 0. The molecule has 0 unspecified atom stereocenters. The topological polar surface area (TPSA) is 6.48 Å². The Kier molecular flexibility index (Phi) is 3.80. The van der Waals surface area contributed by atoms with Gasteiger partial charge in [0, 0.05) is 32.7 Å². The van der Waals surface area contributed by atoms with Crippen LogP contribution in [0.5, 0.6) is 0 Å². The molecule has 0 spiro atoms. The first-order valence-corrected chi connectivity index (χ1v) is 4.37. The number of hydrogen-bond donors (Lipinski definition) is 0. The molecule has 0 atom stereocenters. The Balaban J connectivity index is 2.14. The van der Waals surface area contributed by atoms with E-state index in [0.717, 1.165) is 32.7 Å². The predicted molar refractivity (Wildman–Crippen MR) is 44.5 cm³/mol. The fourth-order valence-corrected chi connectivity index (χ4v) is 1.45. The third-order valence-electron chi connectivity index (χ3n) is 2.31. The van der Waals surface area contributed by atoms with E-state index < -0.39 is 0 Å². The number of hydrogen-bond acceptors (Lipinski definition) is 2. The van der Waals surface area contributed by atoms with Crippen molar-refractivity contribution in [1.82, 2.24) is 9.80 Å². The van der Waals surface area contributed by atoms with E-state index in [9.17, 15) is 4.39 Å². The summed E-state index contributed by atoms with van der Waals surface area (Å²) < 4.78 is 11.9. The second-order valence-electron chi connectivity index (χ2n) is 2.96. The first kappa shape index (κ1) is 8.94. The lowest BCUT2D eigenvalue weighted by Crippen LogP contribution is -2.46. The molecule has 0 bridgehead atoms. The van der Waals surface area contributed by atoms with Crippen molar-refractivity contribution in [3.63, 3.8) is 0 Å². The minimum Gasteiger partial charge on any atom is -0.301 e. The van der Waals surface area contributed by atoms with Crippen LogP contribution in [-0.4, -0.2) is 55.7 Å². The largest absolute Gasteiger partial charge is 0.301 e. The normalized spacial score (nSPS) is 22.4. The van der Waals surface area contributed by atoms with Crippen molar-refractivity contribution in [2.24, 2.45) is 0 Å². The van der Waals surface area contributed by atoms with Crippen LogP contribution >= 0.6 is 0 Å². The molecule has 1 saturated heterocycles. The van der Waals surface area contributed by atoms with Crippen molar-refractivity contribution < 1.29 is 4.39 Å². The molecule has 0 aromatic heterocycles. The number of piperazine rings is 1. The third kappa shape index (κ3) is 2.75. The van der Waals surface area contributed by atoms with Gasteiger partial charge in [-0.3, -0.25) is 4.90 Å². The van der Waals surface area contributed by atoms with Gasteiger partial charge in [-0.2, -0.15) is 0 Å². The standard InChI is InChI=1S/C8H17FN2/c1-2-10-5-7-11(4-3-9)8-6-10/h2-8H2,1H3. The zero-order valence-electron chi connectivity index (χ0n) is 7.22. The first-order chi connectivity index (χ1) is 5.36. The molecule has 0 N–H and O–H groups in total. The summed E-state index contributed by atoms with van der Waals surface area (Å²) in [5, 5.41) is 0. The molecule has 1 heterocycles. The zero-order chi connectivity index (χ0) is 8.10. The van der Waals surface area contributed by atoms with E-state index in [-0.39, 0.29) is 6.67 Å². The van der Waals surface area contributed by atoms with Crippen molar-refractivity contribution >= 4 is 0 Å². The van der Waals surface area contributed by atoms with Crippen LogP contribution < -0.4 is 0 Å². The fourth-order valence-electron chi connectivity index (χ4n) is 1.45. The molecule has 66 valence electrons. The number of likely N-dealkylation sites (N-methyl/N-ethyl adjacent to an activating group) is 1. The van der Waals surface area contributed by atoms with Gasteiger partial charge < -0.3 is 4.90 Å². The van der Waals surface area contributed by atoms with Gasteiger partial charge in [-0.25, -0.2) is 4.39 Å². The lowest BCUT2D eigenvalue weighted by atomic mass is 10.3. The molecule has 0 aromatic rings. The number of rotatable bonds is 3. The molecule has 0 radical (unpaired) electrons. The van der Waals surface area contributed by atoms with Gasteiger partial charge in [0.05, 0.1) is 0 Å². The molecular weight excluding hydrogens is 143 g/mol. The highest BCUT2D eigenvalue weighted by atomic mass is 19.1. The number of halogens is 1. The van der Waals surface area contributed by atoms with E-state index >= 15 is 0 Å². The van der Waals surface area contributed by atoms with Crippen molar-refractivity contribution in [2.75, 3.05) is 45.9 Å². The second kappa shape index (κ2) is 4.67. The quantitative estimate of drug-likeness (QED) is 0.596. The molecule has 1 fully saturated rings. The van der Waals surface area contributed by atoms with Gasteiger partial charge in [0.15, 0.2) is 0 Å². The molecule has 0 amide bonds. The van der Waals surface area contributed by atoms with Crippen molar-refractivity contribution in [1.29, 1.82) is 0 Å². The van der Waals surface area contributed by atoms with Crippen LogP contribution in [0.4, 0.5) is 4.39 Å². The van der Waals surface area contributed by atoms with Gasteiger partial charge in [-0.1, -0.05) is 6.92 Å². The van der Waals surface area contributed by atoms with Crippen molar-refractivity contribution in [2.45, 2.75) is 6.92 Å². The average Bonchev–Trinajstić information content (AvgIpc) is 2.07. The Morgan fingerprint density at radius 3 is 2.09 bits per heavy atom. The molecule has 0 aliphatic carbocycles. The van der Waals surface area contributed by atoms with Crippen LogP contribution in [0.3, 0.4) is 0 Å². The summed E-state index contributed by atoms with van der Waals surface area (Å²) in [4.78, 5) is 4.58. The first-order valence-electron chi connectivity index (χ1n) is 4.37. The van der Waals surface area contributed by atoms with E-state index in [0.29, 0.717) is 6.54 Å². The van der Waals surface area contributed by atoms with Gasteiger partial charge in [-0.05, 0) is 6.54 Å². The highest BCUT2D eigenvalue weighted by molar-refractivity contribution is 4.70. The molecule has 2 nitrogen and oxygen atoms in total. The van der Waals surface area contributed by atoms with E-state index in [1.807, 2.05) is 0 Å². The molecule has 1 rings (SSSR count). The zero-order valence-corrected chi connectivity index (χ0v) is 7.22. The molecule has 1 aliphatic rings. The Hall–Kier alpha value is -0.150. The van der Waals surface area contributed by atoms with Crippen LogP contribution in [0.1, 0.15) is 6.92 Å². The fraction of sp³-hybridized carbons (Fsp3) is 1.00. The molecule has 0 aromatic carbocycles. The summed E-state index contributed by atoms with van der Waals surface area (Å²) in [6.45, 7) is 8.01. The maximum absolute atomic E-state index is 11.9. The number of nitrogens with zero attached hydrogens (tertiary/aromatic N) is 2. The molecular formula is C8H17FN2. The summed E-state index contributed by atoms with van der Waals surface area (Å²) in [5.41, 5.74) is 0. The lowest BCUT2D eigenvalue weighted by molar-refractivity contribution is 0.130. The van der Waals surface area contributed by atoms with Crippen LogP contribution in [0.15, 0.2) is 0 Å². The van der Waals surface area contributed by atoms with Gasteiger partial charge in [-0.15, -0.1) is 0 Å². The summed E-state index contributed by atoms with van der Waals surface area (Å²) >= 11 is 0. The Bertz CT molecular complexity index is 100. The summed E-state index contributed by atoms with van der Waals surface area (Å²) in [7, 11) is 0. The van der Waals surface area contributed by atoms with Crippen LogP contribution in [0.25, 0.3) is 0 Å². The molecule has 0 saturated carbocycles. The summed E-state index contributed by atoms with van der Waals surface area (Å²) in [5.74, 6) is 0. The molecule has 3 heteroatoms. The predicted octanol–water partition coefficient (Wildman–Crippen LogP) is 0.593. The van der Waals surface area contributed by atoms with Crippen LogP contribution in [0, 0.1) is 0 Å². The highest BCUT2D eigenvalue weighted by Gasteiger charge is 2.13. The molecule has 11 heavy (non-hydrogen) atoms. The smallest absolute Gasteiger partial charge is 0.102 e. The Labute approximate surface area is 68.0 Å². The van der Waals surface area contributed by atoms with Crippen molar-refractivity contribution in [3.8, 4) is 0 Å². The van der Waals surface area contributed by atoms with Gasteiger partial charge in [0.1, 0.15) is 6.67 Å². The third-order valence-corrected chi connectivity index (χ3v) is 2.31. The SMILES string of the molecule is CCN1CCN(CCF)CC1. The van der Waals surface area contributed by atoms with E-state index in [1.165, 1.54) is 0 Å². The lowest BCUT2D eigenvalue weighted by Gasteiger charge is -2.33. The van der Waals surface area contributed by atoms with Gasteiger partial charge in [0.25, 0.3) is 0 Å². The van der Waals surface area contributed by atoms with Crippen LogP contribution in [0.2, 0.25) is 0 Å². The second-order valence-corrected chi connectivity index (χ2v) is 2.96. The monoisotopic (exact) mass is 160 g/mol.